The number of ether oxygens (including phenoxy) is 1. The number of hydrogen-bond acceptors (Lipinski definition) is 4. The van der Waals surface area contributed by atoms with E-state index >= 15 is 0 Å². The Hall–Kier alpha value is -3.24. The lowest BCUT2D eigenvalue weighted by molar-refractivity contribution is 0.354. The summed E-state index contributed by atoms with van der Waals surface area (Å²) in [5.41, 5.74) is 1.22. The van der Waals surface area contributed by atoms with Gasteiger partial charge < -0.3 is 9.64 Å². The number of nitrogens with zero attached hydrogens (tertiary/aromatic N) is 3. The molecule has 2 aromatic rings. The molecule has 0 radical (unpaired) electrons. The maximum absolute atomic E-state index is 8.98. The van der Waals surface area contributed by atoms with Crippen molar-refractivity contribution < 1.29 is 4.74 Å². The van der Waals surface area contributed by atoms with Crippen LogP contribution in [0.2, 0.25) is 0 Å². The van der Waals surface area contributed by atoms with Crippen molar-refractivity contribution in [3.05, 3.63) is 58.3 Å². The van der Waals surface area contributed by atoms with Crippen LogP contribution in [-0.4, -0.2) is 11.9 Å². The van der Waals surface area contributed by atoms with E-state index in [1.54, 1.807) is 6.07 Å². The van der Waals surface area contributed by atoms with Gasteiger partial charge in [-0.2, -0.15) is 10.5 Å². The van der Waals surface area contributed by atoms with E-state index in [4.69, 9.17) is 15.3 Å². The van der Waals surface area contributed by atoms with Crippen molar-refractivity contribution >= 4 is 22.2 Å². The van der Waals surface area contributed by atoms with Gasteiger partial charge in [0.15, 0.2) is 0 Å². The van der Waals surface area contributed by atoms with Crippen LogP contribution in [0.25, 0.3) is 22.2 Å². The molecule has 3 rings (SSSR count). The summed E-state index contributed by atoms with van der Waals surface area (Å²) >= 11 is 0. The zero-order valence-electron chi connectivity index (χ0n) is 13.2. The second kappa shape index (κ2) is 5.51. The minimum Gasteiger partial charge on any atom is -0.443 e. The molecule has 0 atom stereocenters. The SMILES string of the molecule is CC1=C(C)N(C)/C(=c2/ccc3cc(=C(C#N)C#N)ccc3c2)O1. The average molecular weight is 301 g/mol. The fraction of sp³-hybridized carbons (Fsp3) is 0.158. The molecule has 0 unspecified atom stereocenters. The van der Waals surface area contributed by atoms with Gasteiger partial charge in [-0.25, -0.2) is 0 Å². The molecule has 4 nitrogen and oxygen atoms in total. The zero-order chi connectivity index (χ0) is 16.6. The van der Waals surface area contributed by atoms with Crippen LogP contribution in [0, 0.1) is 22.7 Å². The van der Waals surface area contributed by atoms with Gasteiger partial charge in [-0.05, 0) is 42.8 Å². The van der Waals surface area contributed by atoms with E-state index in [-0.39, 0.29) is 5.57 Å². The lowest BCUT2D eigenvalue weighted by atomic mass is 10.1. The molecule has 0 aromatic heterocycles. The van der Waals surface area contributed by atoms with Crippen molar-refractivity contribution in [3.63, 3.8) is 0 Å². The molecule has 23 heavy (non-hydrogen) atoms. The maximum Gasteiger partial charge on any atom is 0.206 e. The third-order valence-electron chi connectivity index (χ3n) is 4.17. The van der Waals surface area contributed by atoms with Gasteiger partial charge >= 0.3 is 0 Å². The molecule has 0 fully saturated rings. The van der Waals surface area contributed by atoms with Crippen LogP contribution in [0.4, 0.5) is 0 Å². The van der Waals surface area contributed by atoms with Gasteiger partial charge in [0.05, 0.1) is 5.70 Å². The summed E-state index contributed by atoms with van der Waals surface area (Å²) < 4.78 is 5.85. The Morgan fingerprint density at radius 3 is 2.26 bits per heavy atom. The first-order valence-corrected chi connectivity index (χ1v) is 7.23. The summed E-state index contributed by atoms with van der Waals surface area (Å²) in [6, 6.07) is 15.4. The summed E-state index contributed by atoms with van der Waals surface area (Å²) in [7, 11) is 1.98. The maximum atomic E-state index is 8.98. The van der Waals surface area contributed by atoms with E-state index in [2.05, 4.69) is 6.07 Å². The zero-order valence-corrected chi connectivity index (χ0v) is 13.2. The molecular formula is C19H15N3O. The molecule has 1 heterocycles. The van der Waals surface area contributed by atoms with Crippen molar-refractivity contribution in [1.29, 1.82) is 10.5 Å². The van der Waals surface area contributed by atoms with Crippen molar-refractivity contribution in [1.82, 2.24) is 4.90 Å². The Balaban J connectivity index is 2.21. The summed E-state index contributed by atoms with van der Waals surface area (Å²) in [6.07, 6.45) is 0. The Morgan fingerprint density at radius 2 is 1.65 bits per heavy atom. The topological polar surface area (TPSA) is 60.0 Å². The Morgan fingerprint density at radius 1 is 1.00 bits per heavy atom. The third-order valence-corrected chi connectivity index (χ3v) is 4.17. The van der Waals surface area contributed by atoms with E-state index in [0.29, 0.717) is 5.22 Å². The predicted molar refractivity (Wildman–Crippen MR) is 88.5 cm³/mol. The minimum atomic E-state index is 0.125. The molecule has 0 saturated heterocycles. The number of nitriles is 2. The number of allylic oxidation sites excluding steroid dienone is 2. The van der Waals surface area contributed by atoms with Crippen LogP contribution in [0.3, 0.4) is 0 Å². The lowest BCUT2D eigenvalue weighted by Gasteiger charge is -2.12. The van der Waals surface area contributed by atoms with E-state index in [1.807, 2.05) is 62.2 Å². The van der Waals surface area contributed by atoms with Crippen LogP contribution in [0.15, 0.2) is 47.9 Å². The van der Waals surface area contributed by atoms with Gasteiger partial charge in [-0.1, -0.05) is 18.2 Å². The molecule has 0 spiro atoms. The molecule has 1 aliphatic rings. The highest BCUT2D eigenvalue weighted by molar-refractivity contribution is 5.85. The quantitative estimate of drug-likeness (QED) is 0.749. The molecule has 2 aromatic carbocycles. The fourth-order valence-corrected chi connectivity index (χ4v) is 2.62. The first kappa shape index (κ1) is 14.7. The van der Waals surface area contributed by atoms with E-state index in [9.17, 15) is 0 Å². The standard InChI is InChI=1S/C19H15N3O/c1-12-13(2)23-19(22(12)3)17-7-6-14-8-16(18(10-20)11-21)5-4-15(14)9-17/h4-9H,1-3H3/b19-17+. The second-order valence-corrected chi connectivity index (χ2v) is 5.48. The van der Waals surface area contributed by atoms with Crippen molar-refractivity contribution in [2.75, 3.05) is 7.05 Å². The highest BCUT2D eigenvalue weighted by Crippen LogP contribution is 2.26. The van der Waals surface area contributed by atoms with E-state index < -0.39 is 0 Å². The van der Waals surface area contributed by atoms with Crippen molar-refractivity contribution in [3.8, 4) is 12.1 Å². The average Bonchev–Trinajstić information content (AvgIpc) is 2.83. The smallest absolute Gasteiger partial charge is 0.206 e. The van der Waals surface area contributed by atoms with Crippen LogP contribution in [-0.2, 0) is 4.74 Å². The van der Waals surface area contributed by atoms with Gasteiger partial charge in [0.1, 0.15) is 23.5 Å². The molecule has 112 valence electrons. The predicted octanol–water partition coefficient (Wildman–Crippen LogP) is 2.32. The Labute approximate surface area is 134 Å². The van der Waals surface area contributed by atoms with Gasteiger partial charge in [0.2, 0.25) is 5.88 Å². The molecule has 4 heteroatoms. The van der Waals surface area contributed by atoms with Gasteiger partial charge in [-0.15, -0.1) is 0 Å². The molecule has 0 bridgehead atoms. The van der Waals surface area contributed by atoms with Crippen LogP contribution >= 0.6 is 0 Å². The molecule has 0 saturated carbocycles. The largest absolute Gasteiger partial charge is 0.443 e. The van der Waals surface area contributed by atoms with Crippen molar-refractivity contribution in [2.45, 2.75) is 13.8 Å². The van der Waals surface area contributed by atoms with Crippen molar-refractivity contribution in [2.24, 2.45) is 0 Å². The molecule has 0 amide bonds. The monoisotopic (exact) mass is 301 g/mol. The number of benzene rings is 2. The van der Waals surface area contributed by atoms with Crippen LogP contribution in [0.5, 0.6) is 0 Å². The van der Waals surface area contributed by atoms with Crippen LogP contribution < -0.4 is 10.4 Å². The number of fused-ring (bicyclic) bond motifs is 1. The lowest BCUT2D eigenvalue weighted by Crippen LogP contribution is -2.18. The van der Waals surface area contributed by atoms with Gasteiger partial charge in [-0.3, -0.25) is 0 Å². The first-order valence-electron chi connectivity index (χ1n) is 7.23. The first-order chi connectivity index (χ1) is 11.0. The van der Waals surface area contributed by atoms with Gasteiger partial charge in [0, 0.05) is 17.5 Å². The molecule has 0 N–H and O–H groups in total. The van der Waals surface area contributed by atoms with E-state index in [0.717, 1.165) is 33.3 Å². The second-order valence-electron chi connectivity index (χ2n) is 5.48. The molecular weight excluding hydrogens is 286 g/mol. The third kappa shape index (κ3) is 2.41. The fourth-order valence-electron chi connectivity index (χ4n) is 2.62. The molecule has 1 aliphatic heterocycles. The highest BCUT2D eigenvalue weighted by Gasteiger charge is 2.20. The summed E-state index contributed by atoms with van der Waals surface area (Å²) in [4.78, 5) is 2.03. The molecule has 0 aliphatic carbocycles. The summed E-state index contributed by atoms with van der Waals surface area (Å²) in [5.74, 6) is 1.72. The number of hydrogen-bond donors (Lipinski definition) is 0. The Kier molecular flexibility index (Phi) is 3.52. The Bertz CT molecular complexity index is 1030. The van der Waals surface area contributed by atoms with Crippen LogP contribution in [0.1, 0.15) is 13.8 Å². The highest BCUT2D eigenvalue weighted by atomic mass is 16.5. The summed E-state index contributed by atoms with van der Waals surface area (Å²) in [5, 5.41) is 21.6. The van der Waals surface area contributed by atoms with Gasteiger partial charge in [0.25, 0.3) is 0 Å². The normalized spacial score (nSPS) is 16.1. The number of rotatable bonds is 0. The summed E-state index contributed by atoms with van der Waals surface area (Å²) in [6.45, 7) is 3.98. The van der Waals surface area contributed by atoms with E-state index in [1.165, 1.54) is 0 Å². The minimum absolute atomic E-state index is 0.125.